The van der Waals surface area contributed by atoms with Gasteiger partial charge in [-0.3, -0.25) is 28.9 Å². The highest BCUT2D eigenvalue weighted by atomic mass is 16.4. The Morgan fingerprint density at radius 3 is 2.11 bits per heavy atom. The summed E-state index contributed by atoms with van der Waals surface area (Å²) in [6.45, 7) is 9.06. The lowest BCUT2D eigenvalue weighted by atomic mass is 9.72. The van der Waals surface area contributed by atoms with Gasteiger partial charge < -0.3 is 20.8 Å². The lowest BCUT2D eigenvalue weighted by Crippen LogP contribution is -2.49. The Kier molecular flexibility index (Phi) is 11.5. The largest absolute Gasteiger partial charge is 0.481 e. The van der Waals surface area contributed by atoms with Gasteiger partial charge in [0.2, 0.25) is 23.6 Å². The van der Waals surface area contributed by atoms with E-state index in [1.165, 1.54) is 4.90 Å². The van der Waals surface area contributed by atoms with Crippen LogP contribution < -0.4 is 10.6 Å². The van der Waals surface area contributed by atoms with Crippen molar-refractivity contribution < 1.29 is 39.0 Å². The second-order valence-electron chi connectivity index (χ2n) is 11.3. The van der Waals surface area contributed by atoms with Crippen LogP contribution in [-0.2, 0) is 28.8 Å². The third-order valence-corrected chi connectivity index (χ3v) is 6.12. The quantitative estimate of drug-likeness (QED) is 0.180. The summed E-state index contributed by atoms with van der Waals surface area (Å²) in [5.74, 6) is -3.65. The van der Waals surface area contributed by atoms with Gasteiger partial charge in [0.05, 0.1) is 6.42 Å². The van der Waals surface area contributed by atoms with Gasteiger partial charge >= 0.3 is 11.9 Å². The first-order valence-electron chi connectivity index (χ1n) is 12.4. The van der Waals surface area contributed by atoms with Crippen LogP contribution in [-0.4, -0.2) is 69.8 Å². The smallest absolute Gasteiger partial charge is 0.328 e. The topological polar surface area (TPSA) is 170 Å². The van der Waals surface area contributed by atoms with Gasteiger partial charge in [0.1, 0.15) is 6.04 Å². The predicted octanol–water partition coefficient (Wildman–Crippen LogP) is 1.93. The van der Waals surface area contributed by atoms with Crippen LogP contribution in [0.15, 0.2) is 0 Å². The van der Waals surface area contributed by atoms with Crippen molar-refractivity contribution in [3.05, 3.63) is 0 Å². The molecule has 11 nitrogen and oxygen atoms in total. The van der Waals surface area contributed by atoms with E-state index in [-0.39, 0.29) is 55.9 Å². The maximum Gasteiger partial charge on any atom is 0.328 e. The van der Waals surface area contributed by atoms with Crippen LogP contribution in [0.1, 0.15) is 86.0 Å². The normalized spacial score (nSPS) is 17.1. The summed E-state index contributed by atoms with van der Waals surface area (Å²) >= 11 is 0. The highest BCUT2D eigenvalue weighted by Crippen LogP contribution is 2.38. The molecule has 2 atom stereocenters. The number of nitrogens with one attached hydrogen (secondary N) is 2. The minimum atomic E-state index is -1.29. The minimum absolute atomic E-state index is 0.00851. The van der Waals surface area contributed by atoms with Crippen molar-refractivity contribution >= 4 is 35.6 Å². The van der Waals surface area contributed by atoms with Crippen molar-refractivity contribution in [1.29, 1.82) is 0 Å². The van der Waals surface area contributed by atoms with Gasteiger partial charge in [0.15, 0.2) is 0 Å². The molecule has 4 N–H and O–H groups in total. The standard InChI is InChI=1S/C25H41N3O8/c1-16-11-20(31)28(22(16)34)10-8-6-7-9-18(29)26-14-17(23(35)36)27-19(30)12-24(2,3)15-25(4,5)13-21(32)33/h16-17H,6-15H2,1-5H3,(H,26,29)(H,27,30)(H,32,33)(H,35,36). The number of carboxylic acids is 2. The number of hydrogen-bond donors (Lipinski definition) is 4. The number of carbonyl (C=O) groups is 6. The summed E-state index contributed by atoms with van der Waals surface area (Å²) in [4.78, 5) is 72.1. The molecule has 1 heterocycles. The van der Waals surface area contributed by atoms with E-state index in [1.807, 2.05) is 27.7 Å². The number of likely N-dealkylation sites (tertiary alicyclic amines) is 1. The summed E-state index contributed by atoms with van der Waals surface area (Å²) in [6, 6.07) is -1.29. The fourth-order valence-corrected chi connectivity index (χ4v) is 4.83. The predicted molar refractivity (Wildman–Crippen MR) is 131 cm³/mol. The Morgan fingerprint density at radius 2 is 1.58 bits per heavy atom. The van der Waals surface area contributed by atoms with Gasteiger partial charge in [-0.25, -0.2) is 4.79 Å². The van der Waals surface area contributed by atoms with Crippen molar-refractivity contribution in [1.82, 2.24) is 15.5 Å². The molecule has 36 heavy (non-hydrogen) atoms. The third-order valence-electron chi connectivity index (χ3n) is 6.12. The molecule has 1 aliphatic heterocycles. The first-order valence-corrected chi connectivity index (χ1v) is 12.4. The first kappa shape index (κ1) is 31.1. The molecule has 0 saturated carbocycles. The third kappa shape index (κ3) is 11.2. The fraction of sp³-hybridized carbons (Fsp3) is 0.760. The molecule has 204 valence electrons. The van der Waals surface area contributed by atoms with Crippen LogP contribution >= 0.6 is 0 Å². The molecule has 1 rings (SSSR count). The molecule has 0 aromatic heterocycles. The molecule has 1 fully saturated rings. The van der Waals surface area contributed by atoms with Crippen LogP contribution in [0, 0.1) is 16.7 Å². The molecular weight excluding hydrogens is 470 g/mol. The van der Waals surface area contributed by atoms with E-state index < -0.39 is 34.7 Å². The number of imide groups is 1. The molecule has 0 radical (unpaired) electrons. The van der Waals surface area contributed by atoms with Crippen LogP contribution in [0.5, 0.6) is 0 Å². The summed E-state index contributed by atoms with van der Waals surface area (Å²) in [5, 5.41) is 23.5. The van der Waals surface area contributed by atoms with E-state index in [2.05, 4.69) is 10.6 Å². The molecule has 2 unspecified atom stereocenters. The van der Waals surface area contributed by atoms with E-state index in [0.29, 0.717) is 32.2 Å². The van der Waals surface area contributed by atoms with Gasteiger partial charge in [0, 0.05) is 38.3 Å². The molecule has 0 aromatic rings. The zero-order valence-corrected chi connectivity index (χ0v) is 22.0. The Morgan fingerprint density at radius 1 is 0.972 bits per heavy atom. The zero-order chi connectivity index (χ0) is 27.7. The van der Waals surface area contributed by atoms with Crippen molar-refractivity contribution in [2.75, 3.05) is 13.1 Å². The molecule has 1 saturated heterocycles. The number of nitrogens with zero attached hydrogens (tertiary/aromatic N) is 1. The molecule has 4 amide bonds. The molecule has 11 heteroatoms. The van der Waals surface area contributed by atoms with Crippen molar-refractivity contribution in [2.24, 2.45) is 16.7 Å². The molecule has 1 aliphatic rings. The lowest BCUT2D eigenvalue weighted by molar-refractivity contribution is -0.142. The molecule has 0 aliphatic carbocycles. The Labute approximate surface area is 212 Å². The zero-order valence-electron chi connectivity index (χ0n) is 22.0. The van der Waals surface area contributed by atoms with Gasteiger partial charge in [-0.15, -0.1) is 0 Å². The maximum absolute atomic E-state index is 12.5. The van der Waals surface area contributed by atoms with Crippen LogP contribution in [0.25, 0.3) is 0 Å². The summed E-state index contributed by atoms with van der Waals surface area (Å²) in [7, 11) is 0. The minimum Gasteiger partial charge on any atom is -0.481 e. The van der Waals surface area contributed by atoms with Crippen molar-refractivity contribution in [2.45, 2.75) is 92.0 Å². The Balaban J connectivity index is 2.39. The summed E-state index contributed by atoms with van der Waals surface area (Å²) in [6.07, 6.45) is 2.54. The number of unbranched alkanes of at least 4 members (excludes halogenated alkanes) is 2. The lowest BCUT2D eigenvalue weighted by Gasteiger charge is -2.34. The maximum atomic E-state index is 12.5. The van der Waals surface area contributed by atoms with Gasteiger partial charge in [-0.1, -0.05) is 41.0 Å². The van der Waals surface area contributed by atoms with Gasteiger partial charge in [-0.05, 0) is 30.1 Å². The molecule has 0 spiro atoms. The number of aliphatic carboxylic acids is 2. The Bertz CT molecular complexity index is 852. The summed E-state index contributed by atoms with van der Waals surface area (Å²) in [5.41, 5.74) is -1.09. The number of hydrogen-bond acceptors (Lipinski definition) is 6. The first-order chi connectivity index (χ1) is 16.5. The molecular formula is C25H41N3O8. The number of carboxylic acid groups (broad SMARTS) is 2. The van der Waals surface area contributed by atoms with Crippen LogP contribution in [0.4, 0.5) is 0 Å². The van der Waals surface area contributed by atoms with E-state index in [9.17, 15) is 33.9 Å². The van der Waals surface area contributed by atoms with E-state index >= 15 is 0 Å². The van der Waals surface area contributed by atoms with Crippen LogP contribution in [0.3, 0.4) is 0 Å². The molecule has 0 aromatic carbocycles. The summed E-state index contributed by atoms with van der Waals surface area (Å²) < 4.78 is 0. The fourth-order valence-electron chi connectivity index (χ4n) is 4.83. The highest BCUT2D eigenvalue weighted by molar-refractivity contribution is 6.03. The van der Waals surface area contributed by atoms with Gasteiger partial charge in [0.25, 0.3) is 0 Å². The number of rotatable bonds is 16. The number of amides is 4. The molecule has 0 bridgehead atoms. The van der Waals surface area contributed by atoms with Crippen LogP contribution in [0.2, 0.25) is 0 Å². The monoisotopic (exact) mass is 511 g/mol. The highest BCUT2D eigenvalue weighted by Gasteiger charge is 2.35. The van der Waals surface area contributed by atoms with Crippen molar-refractivity contribution in [3.63, 3.8) is 0 Å². The second kappa shape index (κ2) is 13.4. The number of carbonyl (C=O) groups excluding carboxylic acids is 4. The van der Waals surface area contributed by atoms with E-state index in [1.54, 1.807) is 6.92 Å². The Hall–Kier alpha value is -2.98. The van der Waals surface area contributed by atoms with E-state index in [0.717, 1.165) is 0 Å². The SMILES string of the molecule is CC1CC(=O)N(CCCCCC(=O)NCC(NC(=O)CC(C)(C)CC(C)(C)CC(=O)O)C(=O)O)C1=O. The van der Waals surface area contributed by atoms with E-state index in [4.69, 9.17) is 5.11 Å². The van der Waals surface area contributed by atoms with Gasteiger partial charge in [-0.2, -0.15) is 0 Å². The second-order valence-corrected chi connectivity index (χ2v) is 11.3. The van der Waals surface area contributed by atoms with Crippen molar-refractivity contribution in [3.8, 4) is 0 Å². The average Bonchev–Trinajstić information content (AvgIpc) is 2.93. The average molecular weight is 512 g/mol.